The van der Waals surface area contributed by atoms with Crippen LogP contribution in [0.4, 0.5) is 4.39 Å². The maximum absolute atomic E-state index is 14.2. The highest BCUT2D eigenvalue weighted by Crippen LogP contribution is 2.57. The summed E-state index contributed by atoms with van der Waals surface area (Å²) in [5.74, 6) is 1.99. The monoisotopic (exact) mass is 183 g/mol. The molecular weight excluding hydrogens is 165 g/mol. The van der Waals surface area contributed by atoms with E-state index in [9.17, 15) is 4.39 Å². The third-order valence-electron chi connectivity index (χ3n) is 4.53. The van der Waals surface area contributed by atoms with Crippen LogP contribution in [0.25, 0.3) is 0 Å². The van der Waals surface area contributed by atoms with Crippen molar-refractivity contribution in [1.29, 1.82) is 0 Å². The summed E-state index contributed by atoms with van der Waals surface area (Å²) in [4.78, 5) is 0. The molecule has 0 aromatic heterocycles. The first-order valence-electron chi connectivity index (χ1n) is 5.56. The molecule has 2 unspecified atom stereocenters. The number of rotatable bonds is 1. The first-order valence-corrected chi connectivity index (χ1v) is 5.56. The Morgan fingerprint density at radius 1 is 1.15 bits per heavy atom. The van der Waals surface area contributed by atoms with Crippen LogP contribution in [-0.2, 0) is 0 Å². The standard InChI is InChI=1S/C11H18FN/c1-13-10-8-2-7-3-9(10)6-11(12,4-7)5-8/h7-10,13H,2-6H2,1H3. The van der Waals surface area contributed by atoms with Gasteiger partial charge in [0.25, 0.3) is 0 Å². The predicted molar refractivity (Wildman–Crippen MR) is 50.2 cm³/mol. The van der Waals surface area contributed by atoms with Crippen LogP contribution in [0.5, 0.6) is 0 Å². The normalized spacial score (nSPS) is 58.6. The number of hydrogen-bond acceptors (Lipinski definition) is 1. The van der Waals surface area contributed by atoms with Crippen LogP contribution in [0.15, 0.2) is 0 Å². The highest BCUT2D eigenvalue weighted by Gasteiger charge is 2.55. The lowest BCUT2D eigenvalue weighted by Gasteiger charge is -2.56. The molecule has 0 radical (unpaired) electrons. The first kappa shape index (κ1) is 8.22. The molecule has 0 spiro atoms. The summed E-state index contributed by atoms with van der Waals surface area (Å²) in [7, 11) is 2.04. The van der Waals surface area contributed by atoms with E-state index in [-0.39, 0.29) is 0 Å². The Labute approximate surface area is 79.1 Å². The van der Waals surface area contributed by atoms with Gasteiger partial charge >= 0.3 is 0 Å². The maximum Gasteiger partial charge on any atom is 0.112 e. The first-order chi connectivity index (χ1) is 6.20. The van der Waals surface area contributed by atoms with Crippen molar-refractivity contribution in [3.05, 3.63) is 0 Å². The van der Waals surface area contributed by atoms with Gasteiger partial charge in [0.1, 0.15) is 5.67 Å². The van der Waals surface area contributed by atoms with Crippen LogP contribution >= 0.6 is 0 Å². The fourth-order valence-electron chi connectivity index (χ4n) is 4.40. The van der Waals surface area contributed by atoms with Crippen LogP contribution in [-0.4, -0.2) is 18.8 Å². The largest absolute Gasteiger partial charge is 0.316 e. The van der Waals surface area contributed by atoms with E-state index in [0.29, 0.717) is 23.8 Å². The molecule has 0 aromatic carbocycles. The Hall–Kier alpha value is -0.110. The molecule has 4 saturated carbocycles. The third kappa shape index (κ3) is 1.08. The molecule has 2 atom stereocenters. The average molecular weight is 183 g/mol. The molecule has 0 amide bonds. The van der Waals surface area contributed by atoms with Gasteiger partial charge in [-0.05, 0) is 56.9 Å². The number of alkyl halides is 1. The van der Waals surface area contributed by atoms with Crippen molar-refractivity contribution in [3.8, 4) is 0 Å². The smallest absolute Gasteiger partial charge is 0.112 e. The van der Waals surface area contributed by atoms with Gasteiger partial charge < -0.3 is 5.32 Å². The molecule has 1 nitrogen and oxygen atoms in total. The molecule has 2 heteroatoms. The minimum Gasteiger partial charge on any atom is -0.316 e. The van der Waals surface area contributed by atoms with E-state index in [1.165, 1.54) is 12.8 Å². The highest BCUT2D eigenvalue weighted by molar-refractivity contribution is 5.07. The van der Waals surface area contributed by atoms with Crippen molar-refractivity contribution in [3.63, 3.8) is 0 Å². The summed E-state index contributed by atoms with van der Waals surface area (Å²) in [5.41, 5.74) is -0.760. The van der Waals surface area contributed by atoms with E-state index in [4.69, 9.17) is 0 Å². The molecule has 0 aromatic rings. The van der Waals surface area contributed by atoms with Gasteiger partial charge in [0.05, 0.1) is 0 Å². The Morgan fingerprint density at radius 3 is 2.23 bits per heavy atom. The molecule has 0 saturated heterocycles. The maximum atomic E-state index is 14.2. The number of hydrogen-bond donors (Lipinski definition) is 1. The summed E-state index contributed by atoms with van der Waals surface area (Å²) in [6.07, 6.45) is 5.12. The number of halogens is 1. The predicted octanol–water partition coefficient (Wildman–Crippen LogP) is 2.12. The lowest BCUT2D eigenvalue weighted by Crippen LogP contribution is -2.58. The second-order valence-corrected chi connectivity index (χ2v) is 5.44. The summed E-state index contributed by atoms with van der Waals surface area (Å²) in [6, 6.07) is 0.625. The Morgan fingerprint density at radius 2 is 1.77 bits per heavy atom. The average Bonchev–Trinajstić information content (AvgIpc) is 2.00. The Kier molecular flexibility index (Phi) is 1.56. The zero-order valence-corrected chi connectivity index (χ0v) is 8.22. The molecule has 4 rings (SSSR count). The molecule has 4 fully saturated rings. The zero-order valence-electron chi connectivity index (χ0n) is 8.22. The Balaban J connectivity index is 1.90. The van der Waals surface area contributed by atoms with Gasteiger partial charge in [0.15, 0.2) is 0 Å². The molecule has 0 aliphatic heterocycles. The second kappa shape index (κ2) is 2.47. The summed E-state index contributed by atoms with van der Waals surface area (Å²) in [5, 5.41) is 3.40. The van der Waals surface area contributed by atoms with E-state index in [0.717, 1.165) is 19.3 Å². The van der Waals surface area contributed by atoms with Crippen LogP contribution in [0.3, 0.4) is 0 Å². The van der Waals surface area contributed by atoms with Crippen molar-refractivity contribution < 1.29 is 4.39 Å². The van der Waals surface area contributed by atoms with Gasteiger partial charge in [-0.2, -0.15) is 0 Å². The zero-order chi connectivity index (χ0) is 9.05. The van der Waals surface area contributed by atoms with Gasteiger partial charge in [0.2, 0.25) is 0 Å². The fraction of sp³-hybridized carbons (Fsp3) is 1.00. The van der Waals surface area contributed by atoms with E-state index >= 15 is 0 Å². The molecular formula is C11H18FN. The van der Waals surface area contributed by atoms with Crippen molar-refractivity contribution in [2.45, 2.75) is 43.8 Å². The molecule has 1 N–H and O–H groups in total. The molecule has 13 heavy (non-hydrogen) atoms. The van der Waals surface area contributed by atoms with Gasteiger partial charge in [-0.1, -0.05) is 0 Å². The SMILES string of the molecule is CNC1C2CC3CC1CC(F)(C3)C2. The Bertz CT molecular complexity index is 212. The quantitative estimate of drug-likeness (QED) is 0.656. The third-order valence-corrected chi connectivity index (χ3v) is 4.53. The van der Waals surface area contributed by atoms with Crippen molar-refractivity contribution >= 4 is 0 Å². The van der Waals surface area contributed by atoms with Crippen molar-refractivity contribution in [2.24, 2.45) is 17.8 Å². The van der Waals surface area contributed by atoms with Crippen LogP contribution in [0, 0.1) is 17.8 Å². The minimum atomic E-state index is -0.760. The van der Waals surface area contributed by atoms with E-state index in [2.05, 4.69) is 5.32 Å². The molecule has 4 aliphatic rings. The summed E-state index contributed by atoms with van der Waals surface area (Å²) >= 11 is 0. The van der Waals surface area contributed by atoms with E-state index < -0.39 is 5.67 Å². The van der Waals surface area contributed by atoms with Crippen LogP contribution in [0.2, 0.25) is 0 Å². The van der Waals surface area contributed by atoms with E-state index in [1.54, 1.807) is 0 Å². The lowest BCUT2D eigenvalue weighted by atomic mass is 9.53. The lowest BCUT2D eigenvalue weighted by molar-refractivity contribution is -0.0912. The van der Waals surface area contributed by atoms with E-state index in [1.807, 2.05) is 7.05 Å². The highest BCUT2D eigenvalue weighted by atomic mass is 19.1. The van der Waals surface area contributed by atoms with Gasteiger partial charge in [0, 0.05) is 6.04 Å². The number of nitrogens with one attached hydrogen (secondary N) is 1. The molecule has 74 valence electrons. The van der Waals surface area contributed by atoms with Crippen LogP contribution in [0.1, 0.15) is 32.1 Å². The van der Waals surface area contributed by atoms with Crippen LogP contribution < -0.4 is 5.32 Å². The molecule has 4 aliphatic carbocycles. The van der Waals surface area contributed by atoms with Crippen molar-refractivity contribution in [2.75, 3.05) is 7.05 Å². The minimum absolute atomic E-state index is 0.625. The fourth-order valence-corrected chi connectivity index (χ4v) is 4.40. The topological polar surface area (TPSA) is 12.0 Å². The second-order valence-electron chi connectivity index (χ2n) is 5.44. The van der Waals surface area contributed by atoms with Gasteiger partial charge in [-0.15, -0.1) is 0 Å². The summed E-state index contributed by atoms with van der Waals surface area (Å²) < 4.78 is 14.2. The molecule has 4 bridgehead atoms. The summed E-state index contributed by atoms with van der Waals surface area (Å²) in [6.45, 7) is 0. The van der Waals surface area contributed by atoms with Gasteiger partial charge in [-0.25, -0.2) is 4.39 Å². The van der Waals surface area contributed by atoms with Crippen molar-refractivity contribution in [1.82, 2.24) is 5.32 Å². The molecule has 0 heterocycles. The van der Waals surface area contributed by atoms with Gasteiger partial charge in [-0.3, -0.25) is 0 Å².